The summed E-state index contributed by atoms with van der Waals surface area (Å²) in [7, 11) is 1.67. The quantitative estimate of drug-likeness (QED) is 0.751. The Hall–Kier alpha value is -1.55. The minimum Gasteiger partial charge on any atom is -0.362 e. The molecule has 19 heavy (non-hydrogen) atoms. The Morgan fingerprint density at radius 2 is 1.89 bits per heavy atom. The summed E-state index contributed by atoms with van der Waals surface area (Å²) < 4.78 is 0. The lowest BCUT2D eigenvalue weighted by Crippen LogP contribution is -2.36. The first-order valence-electron chi connectivity index (χ1n) is 6.96. The third kappa shape index (κ3) is 5.30. The topological polar surface area (TPSA) is 44.4 Å². The van der Waals surface area contributed by atoms with Gasteiger partial charge in [0.05, 0.1) is 6.54 Å². The Morgan fingerprint density at radius 3 is 2.42 bits per heavy atom. The predicted octanol–water partition coefficient (Wildman–Crippen LogP) is 1.76. The van der Waals surface area contributed by atoms with Gasteiger partial charge in [-0.3, -0.25) is 4.79 Å². The maximum Gasteiger partial charge on any atom is 0.239 e. The molecule has 0 saturated heterocycles. The molecule has 1 aromatic carbocycles. The van der Waals surface area contributed by atoms with Gasteiger partial charge >= 0.3 is 0 Å². The minimum atomic E-state index is 0.0465. The fourth-order valence-corrected chi connectivity index (χ4v) is 1.92. The Labute approximate surface area is 116 Å². The molecular formula is C15H25N3O. The molecule has 0 heterocycles. The molecule has 0 radical (unpaired) electrons. The number of hydrogen-bond donors (Lipinski definition) is 2. The summed E-state index contributed by atoms with van der Waals surface area (Å²) in [6.45, 7) is 7.38. The van der Waals surface area contributed by atoms with Crippen molar-refractivity contribution < 1.29 is 4.79 Å². The first-order valence-corrected chi connectivity index (χ1v) is 6.96. The first kappa shape index (κ1) is 15.5. The van der Waals surface area contributed by atoms with Gasteiger partial charge in [-0.25, -0.2) is 0 Å². The zero-order valence-electron chi connectivity index (χ0n) is 12.2. The first-order chi connectivity index (χ1) is 9.21. The summed E-state index contributed by atoms with van der Waals surface area (Å²) in [6.07, 6.45) is 1.02. The average Bonchev–Trinajstić information content (AvgIpc) is 2.45. The number of rotatable bonds is 8. The van der Waals surface area contributed by atoms with E-state index in [0.29, 0.717) is 6.54 Å². The van der Waals surface area contributed by atoms with Gasteiger partial charge in [-0.1, -0.05) is 26.0 Å². The highest BCUT2D eigenvalue weighted by Gasteiger charge is 2.09. The van der Waals surface area contributed by atoms with E-state index in [1.54, 1.807) is 7.05 Å². The Bertz CT molecular complexity index is 375. The van der Waals surface area contributed by atoms with Crippen LogP contribution in [0, 0.1) is 0 Å². The van der Waals surface area contributed by atoms with E-state index in [0.717, 1.165) is 31.7 Å². The Balaban J connectivity index is 2.70. The second-order valence-corrected chi connectivity index (χ2v) is 4.54. The van der Waals surface area contributed by atoms with Crippen LogP contribution < -0.4 is 15.5 Å². The van der Waals surface area contributed by atoms with Gasteiger partial charge in [0.25, 0.3) is 0 Å². The lowest BCUT2D eigenvalue weighted by Gasteiger charge is -2.23. The van der Waals surface area contributed by atoms with Gasteiger partial charge in [0.15, 0.2) is 0 Å². The standard InChI is InChI=1S/C15H25N3O/c1-4-10-18(12-15(19)16-3)14-8-6-13(7-9-14)11-17-5-2/h6-9,17H,4-5,10-12H2,1-3H3,(H,16,19). The van der Waals surface area contributed by atoms with Crippen molar-refractivity contribution in [1.29, 1.82) is 0 Å². The number of hydrogen-bond acceptors (Lipinski definition) is 3. The van der Waals surface area contributed by atoms with E-state index in [9.17, 15) is 4.79 Å². The van der Waals surface area contributed by atoms with E-state index in [1.807, 2.05) is 0 Å². The van der Waals surface area contributed by atoms with Crippen molar-refractivity contribution in [1.82, 2.24) is 10.6 Å². The van der Waals surface area contributed by atoms with Crippen molar-refractivity contribution in [3.05, 3.63) is 29.8 Å². The van der Waals surface area contributed by atoms with Crippen LogP contribution in [0.15, 0.2) is 24.3 Å². The second kappa shape index (κ2) is 8.53. The second-order valence-electron chi connectivity index (χ2n) is 4.54. The molecule has 2 N–H and O–H groups in total. The molecule has 0 aliphatic rings. The third-order valence-corrected chi connectivity index (χ3v) is 2.99. The summed E-state index contributed by atoms with van der Waals surface area (Å²) in [5, 5.41) is 5.97. The molecule has 0 fully saturated rings. The molecule has 0 bridgehead atoms. The van der Waals surface area contributed by atoms with E-state index in [4.69, 9.17) is 0 Å². The highest BCUT2D eigenvalue weighted by molar-refractivity contribution is 5.81. The van der Waals surface area contributed by atoms with Crippen molar-refractivity contribution in [2.24, 2.45) is 0 Å². The highest BCUT2D eigenvalue weighted by atomic mass is 16.1. The molecule has 0 aromatic heterocycles. The molecule has 4 heteroatoms. The van der Waals surface area contributed by atoms with Crippen LogP contribution in [0.3, 0.4) is 0 Å². The molecule has 0 aliphatic carbocycles. The van der Waals surface area contributed by atoms with Gasteiger partial charge in [-0.05, 0) is 30.7 Å². The number of nitrogens with one attached hydrogen (secondary N) is 2. The van der Waals surface area contributed by atoms with E-state index in [2.05, 4.69) is 53.6 Å². The van der Waals surface area contributed by atoms with E-state index in [-0.39, 0.29) is 5.91 Å². The molecule has 4 nitrogen and oxygen atoms in total. The summed E-state index contributed by atoms with van der Waals surface area (Å²) in [4.78, 5) is 13.6. The normalized spacial score (nSPS) is 10.3. The zero-order chi connectivity index (χ0) is 14.1. The third-order valence-electron chi connectivity index (χ3n) is 2.99. The molecule has 0 spiro atoms. The van der Waals surface area contributed by atoms with Gasteiger partial charge in [0, 0.05) is 25.8 Å². The summed E-state index contributed by atoms with van der Waals surface area (Å²) >= 11 is 0. The lowest BCUT2D eigenvalue weighted by atomic mass is 10.2. The van der Waals surface area contributed by atoms with Gasteiger partial charge < -0.3 is 15.5 Å². The molecule has 106 valence electrons. The molecule has 0 aliphatic heterocycles. The van der Waals surface area contributed by atoms with Gasteiger partial charge in [0.2, 0.25) is 5.91 Å². The average molecular weight is 263 g/mol. The molecule has 0 saturated carbocycles. The van der Waals surface area contributed by atoms with E-state index in [1.165, 1.54) is 5.56 Å². The number of likely N-dealkylation sites (N-methyl/N-ethyl adjacent to an activating group) is 1. The van der Waals surface area contributed by atoms with Crippen LogP contribution in [-0.2, 0) is 11.3 Å². The Kier molecular flexibility index (Phi) is 6.97. The number of carbonyl (C=O) groups excluding carboxylic acids is 1. The number of amides is 1. The highest BCUT2D eigenvalue weighted by Crippen LogP contribution is 2.15. The van der Waals surface area contributed by atoms with Gasteiger partial charge in [-0.2, -0.15) is 0 Å². The monoisotopic (exact) mass is 263 g/mol. The summed E-state index contributed by atoms with van der Waals surface area (Å²) in [5.74, 6) is 0.0465. The van der Waals surface area contributed by atoms with Crippen LogP contribution in [0.25, 0.3) is 0 Å². The van der Waals surface area contributed by atoms with Crippen LogP contribution in [0.5, 0.6) is 0 Å². The Morgan fingerprint density at radius 1 is 1.21 bits per heavy atom. The van der Waals surface area contributed by atoms with Crippen molar-refractivity contribution in [3.63, 3.8) is 0 Å². The fraction of sp³-hybridized carbons (Fsp3) is 0.533. The number of benzene rings is 1. The van der Waals surface area contributed by atoms with Gasteiger partial charge in [-0.15, -0.1) is 0 Å². The predicted molar refractivity (Wildman–Crippen MR) is 80.4 cm³/mol. The molecule has 1 amide bonds. The van der Waals surface area contributed by atoms with Crippen LogP contribution >= 0.6 is 0 Å². The maximum absolute atomic E-state index is 11.5. The summed E-state index contributed by atoms with van der Waals surface area (Å²) in [6, 6.07) is 8.41. The molecule has 0 atom stereocenters. The maximum atomic E-state index is 11.5. The smallest absolute Gasteiger partial charge is 0.239 e. The van der Waals surface area contributed by atoms with E-state index < -0.39 is 0 Å². The van der Waals surface area contributed by atoms with Crippen molar-refractivity contribution in [2.75, 3.05) is 31.6 Å². The van der Waals surface area contributed by atoms with Crippen molar-refractivity contribution >= 4 is 11.6 Å². The molecule has 1 rings (SSSR count). The number of nitrogens with zero attached hydrogens (tertiary/aromatic N) is 1. The number of anilines is 1. The SMILES string of the molecule is CCCN(CC(=O)NC)c1ccc(CNCC)cc1. The lowest BCUT2D eigenvalue weighted by molar-refractivity contribution is -0.119. The summed E-state index contributed by atoms with van der Waals surface area (Å²) in [5.41, 5.74) is 2.37. The van der Waals surface area contributed by atoms with Crippen LogP contribution in [0.1, 0.15) is 25.8 Å². The minimum absolute atomic E-state index is 0.0465. The molecular weight excluding hydrogens is 238 g/mol. The van der Waals surface area contributed by atoms with Crippen LogP contribution in [0.4, 0.5) is 5.69 Å². The molecule has 1 aromatic rings. The fourth-order valence-electron chi connectivity index (χ4n) is 1.92. The van der Waals surface area contributed by atoms with Gasteiger partial charge in [0.1, 0.15) is 0 Å². The molecule has 0 unspecified atom stereocenters. The van der Waals surface area contributed by atoms with E-state index >= 15 is 0 Å². The van der Waals surface area contributed by atoms with Crippen LogP contribution in [0.2, 0.25) is 0 Å². The number of carbonyl (C=O) groups is 1. The van der Waals surface area contributed by atoms with Crippen molar-refractivity contribution in [3.8, 4) is 0 Å². The zero-order valence-corrected chi connectivity index (χ0v) is 12.2. The van der Waals surface area contributed by atoms with Crippen molar-refractivity contribution in [2.45, 2.75) is 26.8 Å². The van der Waals surface area contributed by atoms with Crippen LogP contribution in [-0.4, -0.2) is 32.6 Å². The largest absolute Gasteiger partial charge is 0.362 e.